The van der Waals surface area contributed by atoms with Crippen molar-refractivity contribution >= 4 is 11.5 Å². The maximum Gasteiger partial charge on any atom is 0.129 e. The SMILES string of the molecule is COC1CCCC1Nc1ncc(N)cc1C. The van der Waals surface area contributed by atoms with Crippen molar-refractivity contribution in [2.75, 3.05) is 18.2 Å². The second-order valence-electron chi connectivity index (χ2n) is 4.39. The average Bonchev–Trinajstić information content (AvgIpc) is 2.69. The lowest BCUT2D eigenvalue weighted by Crippen LogP contribution is -2.30. The summed E-state index contributed by atoms with van der Waals surface area (Å²) in [6, 6.07) is 2.31. The van der Waals surface area contributed by atoms with Crippen LogP contribution in [0.2, 0.25) is 0 Å². The van der Waals surface area contributed by atoms with Crippen LogP contribution < -0.4 is 11.1 Å². The highest BCUT2D eigenvalue weighted by atomic mass is 16.5. The molecule has 1 fully saturated rings. The van der Waals surface area contributed by atoms with Crippen molar-refractivity contribution in [3.05, 3.63) is 17.8 Å². The number of anilines is 2. The summed E-state index contributed by atoms with van der Waals surface area (Å²) >= 11 is 0. The van der Waals surface area contributed by atoms with Crippen molar-refractivity contribution in [1.82, 2.24) is 4.98 Å². The minimum absolute atomic E-state index is 0.304. The van der Waals surface area contributed by atoms with E-state index in [9.17, 15) is 0 Å². The standard InChI is InChI=1S/C12H19N3O/c1-8-6-9(13)7-14-12(8)15-10-4-3-5-11(10)16-2/h6-7,10-11H,3-5,13H2,1-2H3,(H,14,15). The maximum atomic E-state index is 5.67. The summed E-state index contributed by atoms with van der Waals surface area (Å²) in [5, 5.41) is 3.45. The largest absolute Gasteiger partial charge is 0.397 e. The van der Waals surface area contributed by atoms with Crippen LogP contribution in [0.15, 0.2) is 12.3 Å². The molecule has 1 aliphatic rings. The van der Waals surface area contributed by atoms with E-state index in [0.717, 1.165) is 24.2 Å². The molecule has 0 saturated heterocycles. The molecule has 16 heavy (non-hydrogen) atoms. The van der Waals surface area contributed by atoms with Crippen molar-refractivity contribution in [3.8, 4) is 0 Å². The molecule has 0 spiro atoms. The molecular weight excluding hydrogens is 202 g/mol. The molecule has 0 bridgehead atoms. The first-order chi connectivity index (χ1) is 7.70. The molecule has 88 valence electrons. The lowest BCUT2D eigenvalue weighted by atomic mass is 10.2. The van der Waals surface area contributed by atoms with Gasteiger partial charge in [-0.05, 0) is 37.8 Å². The van der Waals surface area contributed by atoms with Gasteiger partial charge in [0.05, 0.1) is 24.0 Å². The van der Waals surface area contributed by atoms with E-state index in [4.69, 9.17) is 10.5 Å². The van der Waals surface area contributed by atoms with E-state index in [0.29, 0.717) is 17.8 Å². The molecule has 1 aromatic heterocycles. The van der Waals surface area contributed by atoms with E-state index >= 15 is 0 Å². The van der Waals surface area contributed by atoms with Gasteiger partial charge in [-0.1, -0.05) is 0 Å². The quantitative estimate of drug-likeness (QED) is 0.819. The van der Waals surface area contributed by atoms with E-state index in [1.54, 1.807) is 13.3 Å². The first-order valence-corrected chi connectivity index (χ1v) is 5.72. The summed E-state index contributed by atoms with van der Waals surface area (Å²) in [5.41, 5.74) is 7.47. The molecule has 2 unspecified atom stereocenters. The fourth-order valence-electron chi connectivity index (χ4n) is 2.30. The first kappa shape index (κ1) is 11.2. The zero-order valence-corrected chi connectivity index (χ0v) is 9.86. The number of nitrogens with one attached hydrogen (secondary N) is 1. The number of pyridine rings is 1. The Kier molecular flexibility index (Phi) is 3.29. The van der Waals surface area contributed by atoms with Crippen LogP contribution in [0.4, 0.5) is 11.5 Å². The van der Waals surface area contributed by atoms with E-state index in [1.807, 2.05) is 13.0 Å². The first-order valence-electron chi connectivity index (χ1n) is 5.72. The van der Waals surface area contributed by atoms with Crippen molar-refractivity contribution < 1.29 is 4.74 Å². The van der Waals surface area contributed by atoms with Crippen molar-refractivity contribution in [1.29, 1.82) is 0 Å². The van der Waals surface area contributed by atoms with Crippen LogP contribution in [-0.4, -0.2) is 24.2 Å². The Hall–Kier alpha value is -1.29. The molecule has 0 radical (unpaired) electrons. The van der Waals surface area contributed by atoms with E-state index in [1.165, 1.54) is 6.42 Å². The van der Waals surface area contributed by atoms with Gasteiger partial charge >= 0.3 is 0 Å². The highest BCUT2D eigenvalue weighted by Crippen LogP contribution is 2.25. The van der Waals surface area contributed by atoms with Gasteiger partial charge in [0.25, 0.3) is 0 Å². The Bertz CT molecular complexity index is 367. The second-order valence-corrected chi connectivity index (χ2v) is 4.39. The van der Waals surface area contributed by atoms with Crippen molar-refractivity contribution in [3.63, 3.8) is 0 Å². The molecule has 0 amide bonds. The third kappa shape index (κ3) is 2.27. The summed E-state index contributed by atoms with van der Waals surface area (Å²) in [6.07, 6.45) is 5.47. The van der Waals surface area contributed by atoms with Gasteiger partial charge in [0.2, 0.25) is 0 Å². The Labute approximate surface area is 96.2 Å². The lowest BCUT2D eigenvalue weighted by Gasteiger charge is -2.21. The van der Waals surface area contributed by atoms with Gasteiger partial charge in [-0.3, -0.25) is 0 Å². The molecular formula is C12H19N3O. The van der Waals surface area contributed by atoms with Crippen LogP contribution in [-0.2, 0) is 4.74 Å². The number of hydrogen-bond acceptors (Lipinski definition) is 4. The Morgan fingerprint density at radius 3 is 3.00 bits per heavy atom. The monoisotopic (exact) mass is 221 g/mol. The number of aromatic nitrogens is 1. The Balaban J connectivity index is 2.08. The predicted octanol–water partition coefficient (Wildman–Crippen LogP) is 1.95. The van der Waals surface area contributed by atoms with Crippen molar-refractivity contribution in [2.45, 2.75) is 38.3 Å². The van der Waals surface area contributed by atoms with Crippen LogP contribution in [0.3, 0.4) is 0 Å². The van der Waals surface area contributed by atoms with Gasteiger partial charge in [0, 0.05) is 7.11 Å². The summed E-state index contributed by atoms with van der Waals surface area (Å²) in [5.74, 6) is 0.920. The molecule has 0 aliphatic heterocycles. The van der Waals surface area contributed by atoms with Crippen LogP contribution in [0, 0.1) is 6.92 Å². The van der Waals surface area contributed by atoms with Gasteiger partial charge in [0.1, 0.15) is 5.82 Å². The summed E-state index contributed by atoms with van der Waals surface area (Å²) in [6.45, 7) is 2.02. The molecule has 4 nitrogen and oxygen atoms in total. The topological polar surface area (TPSA) is 60.2 Å². The van der Waals surface area contributed by atoms with Crippen molar-refractivity contribution in [2.24, 2.45) is 0 Å². The third-order valence-corrected chi connectivity index (χ3v) is 3.18. The molecule has 1 aliphatic carbocycles. The molecule has 1 saturated carbocycles. The van der Waals surface area contributed by atoms with E-state index in [2.05, 4.69) is 10.3 Å². The number of nitrogens with two attached hydrogens (primary N) is 1. The Morgan fingerprint density at radius 2 is 2.31 bits per heavy atom. The average molecular weight is 221 g/mol. The van der Waals surface area contributed by atoms with Crippen LogP contribution in [0.25, 0.3) is 0 Å². The van der Waals surface area contributed by atoms with Gasteiger partial charge in [-0.15, -0.1) is 0 Å². The van der Waals surface area contributed by atoms with Crippen LogP contribution in [0.5, 0.6) is 0 Å². The zero-order chi connectivity index (χ0) is 11.5. The smallest absolute Gasteiger partial charge is 0.129 e. The predicted molar refractivity (Wildman–Crippen MR) is 65.4 cm³/mol. The fraction of sp³-hybridized carbons (Fsp3) is 0.583. The fourth-order valence-corrected chi connectivity index (χ4v) is 2.30. The number of aryl methyl sites for hydroxylation is 1. The normalized spacial score (nSPS) is 24.6. The zero-order valence-electron chi connectivity index (χ0n) is 9.86. The maximum absolute atomic E-state index is 5.67. The number of rotatable bonds is 3. The highest BCUT2D eigenvalue weighted by molar-refractivity contribution is 5.51. The number of nitrogens with zero attached hydrogens (tertiary/aromatic N) is 1. The third-order valence-electron chi connectivity index (χ3n) is 3.18. The van der Waals surface area contributed by atoms with Gasteiger partial charge in [0.15, 0.2) is 0 Å². The molecule has 3 N–H and O–H groups in total. The summed E-state index contributed by atoms with van der Waals surface area (Å²) in [4.78, 5) is 4.32. The Morgan fingerprint density at radius 1 is 1.50 bits per heavy atom. The second kappa shape index (κ2) is 4.70. The molecule has 2 rings (SSSR count). The molecule has 1 heterocycles. The molecule has 1 aromatic rings. The summed E-state index contributed by atoms with van der Waals surface area (Å²) < 4.78 is 5.44. The van der Waals surface area contributed by atoms with Crippen LogP contribution in [0.1, 0.15) is 24.8 Å². The highest BCUT2D eigenvalue weighted by Gasteiger charge is 2.27. The van der Waals surface area contributed by atoms with Crippen LogP contribution >= 0.6 is 0 Å². The lowest BCUT2D eigenvalue weighted by molar-refractivity contribution is 0.101. The van der Waals surface area contributed by atoms with E-state index < -0.39 is 0 Å². The molecule has 2 atom stereocenters. The van der Waals surface area contributed by atoms with Gasteiger partial charge in [-0.25, -0.2) is 4.98 Å². The minimum atomic E-state index is 0.304. The number of nitrogen functional groups attached to an aromatic ring is 1. The van der Waals surface area contributed by atoms with Gasteiger partial charge in [-0.2, -0.15) is 0 Å². The summed E-state index contributed by atoms with van der Waals surface area (Å²) in [7, 11) is 1.77. The van der Waals surface area contributed by atoms with E-state index in [-0.39, 0.29) is 0 Å². The minimum Gasteiger partial charge on any atom is -0.397 e. The number of ether oxygens (including phenoxy) is 1. The molecule has 0 aromatic carbocycles. The number of hydrogen-bond donors (Lipinski definition) is 2. The van der Waals surface area contributed by atoms with Gasteiger partial charge < -0.3 is 15.8 Å². The number of methoxy groups -OCH3 is 1. The molecule has 4 heteroatoms.